The molecule has 1 aromatic carbocycles. The standard InChI is InChI=1S/C15H22N2/c1-4-13(3)12-14-6-8-15(9-7-14)17(5-2)11-10-16/h4,6-9H,1,3,5,10-12,16H2,2H3. The highest BCUT2D eigenvalue weighted by Crippen LogP contribution is 2.16. The molecule has 0 aliphatic rings. The molecule has 1 rings (SSSR count). The lowest BCUT2D eigenvalue weighted by Crippen LogP contribution is -2.28. The summed E-state index contributed by atoms with van der Waals surface area (Å²) < 4.78 is 0. The Bertz CT molecular complexity index is 365. The van der Waals surface area contributed by atoms with Gasteiger partial charge < -0.3 is 10.6 Å². The van der Waals surface area contributed by atoms with Gasteiger partial charge in [0.25, 0.3) is 0 Å². The number of benzene rings is 1. The molecule has 0 unspecified atom stereocenters. The topological polar surface area (TPSA) is 29.3 Å². The Labute approximate surface area is 104 Å². The lowest BCUT2D eigenvalue weighted by molar-refractivity contribution is 0.816. The predicted octanol–water partition coefficient (Wildman–Crippen LogP) is 2.76. The smallest absolute Gasteiger partial charge is 0.0366 e. The van der Waals surface area contributed by atoms with Gasteiger partial charge in [0.1, 0.15) is 0 Å². The van der Waals surface area contributed by atoms with Crippen LogP contribution in [0.25, 0.3) is 0 Å². The van der Waals surface area contributed by atoms with Crippen LogP contribution in [0, 0.1) is 0 Å². The molecule has 0 bridgehead atoms. The minimum atomic E-state index is 0.683. The zero-order chi connectivity index (χ0) is 12.7. The zero-order valence-corrected chi connectivity index (χ0v) is 10.7. The molecule has 0 fully saturated rings. The van der Waals surface area contributed by atoms with Crippen LogP contribution in [0.2, 0.25) is 0 Å². The molecule has 0 spiro atoms. The van der Waals surface area contributed by atoms with Gasteiger partial charge in [-0.25, -0.2) is 0 Å². The van der Waals surface area contributed by atoms with Crippen molar-refractivity contribution < 1.29 is 0 Å². The molecule has 2 heteroatoms. The van der Waals surface area contributed by atoms with Crippen molar-refractivity contribution in [1.29, 1.82) is 0 Å². The summed E-state index contributed by atoms with van der Waals surface area (Å²) in [6.07, 6.45) is 2.67. The molecule has 1 aromatic rings. The van der Waals surface area contributed by atoms with Gasteiger partial charge in [0.2, 0.25) is 0 Å². The van der Waals surface area contributed by atoms with Crippen LogP contribution in [0.1, 0.15) is 12.5 Å². The molecule has 0 amide bonds. The maximum atomic E-state index is 5.59. The molecule has 0 radical (unpaired) electrons. The minimum absolute atomic E-state index is 0.683. The second-order valence-corrected chi connectivity index (χ2v) is 4.07. The van der Waals surface area contributed by atoms with E-state index in [4.69, 9.17) is 5.73 Å². The van der Waals surface area contributed by atoms with Crippen molar-refractivity contribution in [3.63, 3.8) is 0 Å². The monoisotopic (exact) mass is 230 g/mol. The van der Waals surface area contributed by atoms with Crippen LogP contribution in [-0.2, 0) is 6.42 Å². The van der Waals surface area contributed by atoms with Crippen LogP contribution in [0.5, 0.6) is 0 Å². The van der Waals surface area contributed by atoms with E-state index in [2.05, 4.69) is 49.2 Å². The van der Waals surface area contributed by atoms with E-state index in [0.29, 0.717) is 6.54 Å². The first-order chi connectivity index (χ1) is 8.21. The van der Waals surface area contributed by atoms with Crippen molar-refractivity contribution in [1.82, 2.24) is 0 Å². The summed E-state index contributed by atoms with van der Waals surface area (Å²) in [7, 11) is 0. The van der Waals surface area contributed by atoms with Crippen molar-refractivity contribution in [3.05, 3.63) is 54.6 Å². The molecule has 0 atom stereocenters. The van der Waals surface area contributed by atoms with E-state index in [1.165, 1.54) is 11.3 Å². The van der Waals surface area contributed by atoms with Crippen molar-refractivity contribution in [2.24, 2.45) is 5.73 Å². The third kappa shape index (κ3) is 4.08. The normalized spacial score (nSPS) is 10.0. The largest absolute Gasteiger partial charge is 0.371 e. The van der Waals surface area contributed by atoms with Gasteiger partial charge in [-0.3, -0.25) is 0 Å². The molecule has 0 aliphatic heterocycles. The van der Waals surface area contributed by atoms with E-state index in [0.717, 1.165) is 25.1 Å². The van der Waals surface area contributed by atoms with Crippen LogP contribution < -0.4 is 10.6 Å². The summed E-state index contributed by atoms with van der Waals surface area (Å²) in [5.41, 5.74) is 9.13. The first kappa shape index (κ1) is 13.5. The summed E-state index contributed by atoms with van der Waals surface area (Å²) in [4.78, 5) is 2.27. The number of rotatable bonds is 7. The summed E-state index contributed by atoms with van der Waals surface area (Å²) in [5.74, 6) is 0. The Kier molecular flexibility index (Phi) is 5.50. The van der Waals surface area contributed by atoms with Gasteiger partial charge in [-0.1, -0.05) is 36.9 Å². The second kappa shape index (κ2) is 6.92. The van der Waals surface area contributed by atoms with E-state index in [1.807, 2.05) is 0 Å². The highest BCUT2D eigenvalue weighted by atomic mass is 15.1. The number of anilines is 1. The van der Waals surface area contributed by atoms with E-state index in [1.54, 1.807) is 6.08 Å². The fourth-order valence-corrected chi connectivity index (χ4v) is 1.78. The number of likely N-dealkylation sites (N-methyl/N-ethyl adjacent to an activating group) is 1. The Hall–Kier alpha value is -1.54. The third-order valence-electron chi connectivity index (χ3n) is 2.80. The Balaban J connectivity index is 2.72. The zero-order valence-electron chi connectivity index (χ0n) is 10.7. The molecule has 0 saturated carbocycles. The lowest BCUT2D eigenvalue weighted by Gasteiger charge is -2.22. The number of nitrogens with two attached hydrogens (primary N) is 1. The van der Waals surface area contributed by atoms with Crippen molar-refractivity contribution >= 4 is 5.69 Å². The molecule has 17 heavy (non-hydrogen) atoms. The van der Waals surface area contributed by atoms with Crippen molar-refractivity contribution in [2.75, 3.05) is 24.5 Å². The van der Waals surface area contributed by atoms with Gasteiger partial charge in [-0.2, -0.15) is 0 Å². The first-order valence-electron chi connectivity index (χ1n) is 6.05. The van der Waals surface area contributed by atoms with E-state index in [9.17, 15) is 0 Å². The van der Waals surface area contributed by atoms with Gasteiger partial charge in [-0.05, 0) is 31.0 Å². The molecule has 0 heterocycles. The number of hydrogen-bond donors (Lipinski definition) is 1. The highest BCUT2D eigenvalue weighted by Gasteiger charge is 2.02. The summed E-state index contributed by atoms with van der Waals surface area (Å²) in [5, 5.41) is 0. The van der Waals surface area contributed by atoms with Gasteiger partial charge in [0, 0.05) is 25.3 Å². The lowest BCUT2D eigenvalue weighted by atomic mass is 10.1. The van der Waals surface area contributed by atoms with E-state index < -0.39 is 0 Å². The average molecular weight is 230 g/mol. The van der Waals surface area contributed by atoms with Gasteiger partial charge in [-0.15, -0.1) is 0 Å². The summed E-state index contributed by atoms with van der Waals surface area (Å²) in [6, 6.07) is 8.57. The number of allylic oxidation sites excluding steroid dienone is 2. The number of hydrogen-bond acceptors (Lipinski definition) is 2. The molecule has 2 nitrogen and oxygen atoms in total. The average Bonchev–Trinajstić information content (AvgIpc) is 2.37. The fraction of sp³-hybridized carbons (Fsp3) is 0.333. The van der Waals surface area contributed by atoms with Gasteiger partial charge >= 0.3 is 0 Å². The van der Waals surface area contributed by atoms with Crippen LogP contribution in [-0.4, -0.2) is 19.6 Å². The Morgan fingerprint density at radius 1 is 1.35 bits per heavy atom. The van der Waals surface area contributed by atoms with Crippen molar-refractivity contribution in [2.45, 2.75) is 13.3 Å². The van der Waals surface area contributed by atoms with Gasteiger partial charge in [0.05, 0.1) is 0 Å². The maximum absolute atomic E-state index is 5.59. The molecule has 0 saturated heterocycles. The van der Waals surface area contributed by atoms with Crippen LogP contribution >= 0.6 is 0 Å². The Morgan fingerprint density at radius 3 is 2.47 bits per heavy atom. The molecular weight excluding hydrogens is 208 g/mol. The fourth-order valence-electron chi connectivity index (χ4n) is 1.78. The van der Waals surface area contributed by atoms with E-state index >= 15 is 0 Å². The van der Waals surface area contributed by atoms with Crippen LogP contribution in [0.3, 0.4) is 0 Å². The molecular formula is C15H22N2. The maximum Gasteiger partial charge on any atom is 0.0366 e. The summed E-state index contributed by atoms with van der Waals surface area (Å²) >= 11 is 0. The van der Waals surface area contributed by atoms with Crippen LogP contribution in [0.15, 0.2) is 49.1 Å². The third-order valence-corrected chi connectivity index (χ3v) is 2.80. The van der Waals surface area contributed by atoms with E-state index in [-0.39, 0.29) is 0 Å². The first-order valence-corrected chi connectivity index (χ1v) is 6.05. The minimum Gasteiger partial charge on any atom is -0.371 e. The Morgan fingerprint density at radius 2 is 2.00 bits per heavy atom. The van der Waals surface area contributed by atoms with Gasteiger partial charge in [0.15, 0.2) is 0 Å². The van der Waals surface area contributed by atoms with Crippen LogP contribution in [0.4, 0.5) is 5.69 Å². The predicted molar refractivity (Wildman–Crippen MR) is 76.4 cm³/mol. The molecule has 92 valence electrons. The quantitative estimate of drug-likeness (QED) is 0.730. The molecule has 0 aromatic heterocycles. The second-order valence-electron chi connectivity index (χ2n) is 4.07. The molecule has 2 N–H and O–H groups in total. The highest BCUT2D eigenvalue weighted by molar-refractivity contribution is 5.48. The van der Waals surface area contributed by atoms with Crippen molar-refractivity contribution in [3.8, 4) is 0 Å². The number of nitrogens with zero attached hydrogens (tertiary/aromatic N) is 1. The molecule has 0 aliphatic carbocycles. The summed E-state index contributed by atoms with van der Waals surface area (Å²) in [6.45, 7) is 12.4. The SMILES string of the molecule is C=CC(=C)Cc1ccc(N(CC)CCN)cc1.